The number of aromatic nitrogens is 1. The van der Waals surface area contributed by atoms with E-state index in [1.165, 1.54) is 12.1 Å². The SMILES string of the molecule is CCCc1cc(C(=O)O)cc(NCC(O)C(F)F)n1. The fourth-order valence-corrected chi connectivity index (χ4v) is 1.48. The summed E-state index contributed by atoms with van der Waals surface area (Å²) in [6.45, 7) is 1.53. The van der Waals surface area contributed by atoms with Crippen molar-refractivity contribution in [3.8, 4) is 0 Å². The molecule has 1 aromatic heterocycles. The Balaban J connectivity index is 2.84. The Hall–Kier alpha value is -1.76. The summed E-state index contributed by atoms with van der Waals surface area (Å²) in [4.78, 5) is 15.0. The summed E-state index contributed by atoms with van der Waals surface area (Å²) in [6, 6.07) is 2.69. The van der Waals surface area contributed by atoms with Crippen molar-refractivity contribution in [2.75, 3.05) is 11.9 Å². The van der Waals surface area contributed by atoms with Crippen LogP contribution in [-0.2, 0) is 6.42 Å². The van der Waals surface area contributed by atoms with Crippen molar-refractivity contribution in [1.29, 1.82) is 0 Å². The molecule has 19 heavy (non-hydrogen) atoms. The van der Waals surface area contributed by atoms with E-state index in [1.54, 1.807) is 0 Å². The second kappa shape index (κ2) is 6.98. The van der Waals surface area contributed by atoms with Crippen LogP contribution >= 0.6 is 0 Å². The zero-order chi connectivity index (χ0) is 14.4. The average Bonchev–Trinajstić information content (AvgIpc) is 2.35. The lowest BCUT2D eigenvalue weighted by Gasteiger charge is -2.12. The van der Waals surface area contributed by atoms with Crippen molar-refractivity contribution in [2.24, 2.45) is 0 Å². The minimum absolute atomic E-state index is 0.0347. The molecule has 1 atom stereocenters. The van der Waals surface area contributed by atoms with Crippen molar-refractivity contribution < 1.29 is 23.8 Å². The normalized spacial score (nSPS) is 12.5. The maximum Gasteiger partial charge on any atom is 0.335 e. The summed E-state index contributed by atoms with van der Waals surface area (Å²) >= 11 is 0. The number of aryl methyl sites for hydroxylation is 1. The largest absolute Gasteiger partial charge is 0.478 e. The first kappa shape index (κ1) is 15.3. The number of aliphatic hydroxyl groups excluding tert-OH is 1. The second-order valence-corrected chi connectivity index (χ2v) is 4.07. The van der Waals surface area contributed by atoms with Gasteiger partial charge in [-0.05, 0) is 18.6 Å². The predicted molar refractivity (Wildman–Crippen MR) is 65.7 cm³/mol. The zero-order valence-electron chi connectivity index (χ0n) is 10.4. The molecule has 0 aromatic carbocycles. The van der Waals surface area contributed by atoms with Crippen LogP contribution < -0.4 is 5.32 Å². The molecule has 5 nitrogen and oxygen atoms in total. The number of pyridine rings is 1. The summed E-state index contributed by atoms with van der Waals surface area (Å²) in [6.07, 6.45) is -3.29. The topological polar surface area (TPSA) is 82.5 Å². The molecule has 0 bridgehead atoms. The standard InChI is InChI=1S/C12H16F2N2O3/c1-2-3-8-4-7(12(18)19)5-10(16-8)15-6-9(17)11(13)14/h4-5,9,11,17H,2-3,6H2,1H3,(H,15,16)(H,18,19). The lowest BCUT2D eigenvalue weighted by Crippen LogP contribution is -2.27. The highest BCUT2D eigenvalue weighted by Crippen LogP contribution is 2.13. The molecule has 1 unspecified atom stereocenters. The third kappa shape index (κ3) is 4.78. The molecule has 0 amide bonds. The summed E-state index contributed by atoms with van der Waals surface area (Å²) in [5, 5.41) is 20.4. The number of aromatic carboxylic acids is 1. The Labute approximate surface area is 109 Å². The highest BCUT2D eigenvalue weighted by Gasteiger charge is 2.17. The number of nitrogens with one attached hydrogen (secondary N) is 1. The number of hydrogen-bond donors (Lipinski definition) is 3. The van der Waals surface area contributed by atoms with Gasteiger partial charge in [0.25, 0.3) is 6.43 Å². The van der Waals surface area contributed by atoms with E-state index in [0.29, 0.717) is 12.1 Å². The Bertz CT molecular complexity index is 441. The van der Waals surface area contributed by atoms with Crippen molar-refractivity contribution in [1.82, 2.24) is 4.98 Å². The van der Waals surface area contributed by atoms with Crippen molar-refractivity contribution >= 4 is 11.8 Å². The summed E-state index contributed by atoms with van der Waals surface area (Å²) in [5.74, 6) is -0.944. The highest BCUT2D eigenvalue weighted by atomic mass is 19.3. The van der Waals surface area contributed by atoms with E-state index in [-0.39, 0.29) is 17.9 Å². The molecule has 0 aliphatic rings. The van der Waals surface area contributed by atoms with E-state index >= 15 is 0 Å². The molecule has 3 N–H and O–H groups in total. The van der Waals surface area contributed by atoms with Crippen LogP contribution in [0.4, 0.5) is 14.6 Å². The minimum atomic E-state index is -2.86. The summed E-state index contributed by atoms with van der Waals surface area (Å²) in [7, 11) is 0. The lowest BCUT2D eigenvalue weighted by molar-refractivity contribution is 0.00380. The molecular formula is C12H16F2N2O3. The molecule has 0 spiro atoms. The maximum absolute atomic E-state index is 12.1. The van der Waals surface area contributed by atoms with E-state index in [0.717, 1.165) is 6.42 Å². The number of carbonyl (C=O) groups is 1. The molecule has 0 aliphatic carbocycles. The second-order valence-electron chi connectivity index (χ2n) is 4.07. The van der Waals surface area contributed by atoms with Gasteiger partial charge in [-0.1, -0.05) is 13.3 Å². The van der Waals surface area contributed by atoms with Gasteiger partial charge in [0.1, 0.15) is 11.9 Å². The van der Waals surface area contributed by atoms with Gasteiger partial charge in [-0.2, -0.15) is 0 Å². The van der Waals surface area contributed by atoms with Crippen LogP contribution in [-0.4, -0.2) is 40.2 Å². The van der Waals surface area contributed by atoms with Crippen LogP contribution in [0.25, 0.3) is 0 Å². The number of aliphatic hydroxyl groups is 1. The number of halogens is 2. The van der Waals surface area contributed by atoms with Gasteiger partial charge < -0.3 is 15.5 Å². The van der Waals surface area contributed by atoms with Gasteiger partial charge >= 0.3 is 5.97 Å². The summed E-state index contributed by atoms with van der Waals surface area (Å²) < 4.78 is 24.3. The van der Waals surface area contributed by atoms with E-state index in [4.69, 9.17) is 10.2 Å². The molecule has 7 heteroatoms. The van der Waals surface area contributed by atoms with Crippen molar-refractivity contribution in [3.63, 3.8) is 0 Å². The Kier molecular flexibility index (Phi) is 5.62. The average molecular weight is 274 g/mol. The van der Waals surface area contributed by atoms with Gasteiger partial charge in [0.05, 0.1) is 5.56 Å². The number of carboxylic acids is 1. The van der Waals surface area contributed by atoms with Gasteiger partial charge in [-0.15, -0.1) is 0 Å². The molecular weight excluding hydrogens is 258 g/mol. The number of hydrogen-bond acceptors (Lipinski definition) is 4. The molecule has 0 aliphatic heterocycles. The van der Waals surface area contributed by atoms with Crippen LogP contribution in [0, 0.1) is 0 Å². The van der Waals surface area contributed by atoms with Gasteiger partial charge in [0.15, 0.2) is 0 Å². The first-order valence-electron chi connectivity index (χ1n) is 5.88. The molecule has 1 rings (SSSR count). The first-order chi connectivity index (χ1) is 8.93. The molecule has 1 heterocycles. The predicted octanol–water partition coefficient (Wildman–Crippen LogP) is 1.77. The lowest BCUT2D eigenvalue weighted by atomic mass is 10.1. The number of rotatable bonds is 7. The highest BCUT2D eigenvalue weighted by molar-refractivity contribution is 5.88. The van der Waals surface area contributed by atoms with Crippen LogP contribution in [0.5, 0.6) is 0 Å². The maximum atomic E-state index is 12.1. The van der Waals surface area contributed by atoms with Gasteiger partial charge in [0.2, 0.25) is 0 Å². The van der Waals surface area contributed by atoms with Crippen molar-refractivity contribution in [2.45, 2.75) is 32.3 Å². The minimum Gasteiger partial charge on any atom is -0.478 e. The van der Waals surface area contributed by atoms with Gasteiger partial charge in [-0.3, -0.25) is 0 Å². The monoisotopic (exact) mass is 274 g/mol. The van der Waals surface area contributed by atoms with Crippen LogP contribution in [0.3, 0.4) is 0 Å². The number of nitrogens with zero attached hydrogens (tertiary/aromatic N) is 1. The number of carboxylic acid groups (broad SMARTS) is 1. The fourth-order valence-electron chi connectivity index (χ4n) is 1.48. The third-order valence-corrected chi connectivity index (χ3v) is 2.41. The molecule has 0 fully saturated rings. The third-order valence-electron chi connectivity index (χ3n) is 2.41. The Morgan fingerprint density at radius 3 is 2.68 bits per heavy atom. The smallest absolute Gasteiger partial charge is 0.335 e. The van der Waals surface area contributed by atoms with E-state index in [2.05, 4.69) is 10.3 Å². The van der Waals surface area contributed by atoms with E-state index in [9.17, 15) is 13.6 Å². The molecule has 0 radical (unpaired) electrons. The van der Waals surface area contributed by atoms with Gasteiger partial charge in [0, 0.05) is 12.2 Å². The molecule has 0 saturated heterocycles. The fraction of sp³-hybridized carbons (Fsp3) is 0.500. The van der Waals surface area contributed by atoms with E-state index in [1.807, 2.05) is 6.92 Å². The van der Waals surface area contributed by atoms with Gasteiger partial charge in [-0.25, -0.2) is 18.6 Å². The number of alkyl halides is 2. The Morgan fingerprint density at radius 1 is 1.47 bits per heavy atom. The van der Waals surface area contributed by atoms with E-state index < -0.39 is 18.5 Å². The van der Waals surface area contributed by atoms with Crippen LogP contribution in [0.15, 0.2) is 12.1 Å². The molecule has 0 saturated carbocycles. The zero-order valence-corrected chi connectivity index (χ0v) is 10.4. The van der Waals surface area contributed by atoms with Crippen molar-refractivity contribution in [3.05, 3.63) is 23.4 Å². The molecule has 106 valence electrons. The summed E-state index contributed by atoms with van der Waals surface area (Å²) in [5.41, 5.74) is 0.601. The Morgan fingerprint density at radius 2 is 2.16 bits per heavy atom. The van der Waals surface area contributed by atoms with Crippen LogP contribution in [0.2, 0.25) is 0 Å². The number of anilines is 1. The van der Waals surface area contributed by atoms with Crippen LogP contribution in [0.1, 0.15) is 29.4 Å². The first-order valence-corrected chi connectivity index (χ1v) is 5.88. The quantitative estimate of drug-likeness (QED) is 0.706. The molecule has 1 aromatic rings.